The molecule has 0 aliphatic rings. The topological polar surface area (TPSA) is 58.2 Å². The number of carbonyl (C=O) groups excluding carboxylic acids is 2. The van der Waals surface area contributed by atoms with E-state index in [2.05, 4.69) is 10.6 Å². The molecule has 0 fully saturated rings. The summed E-state index contributed by atoms with van der Waals surface area (Å²) in [5.41, 5.74) is 3.02. The highest BCUT2D eigenvalue weighted by Gasteiger charge is 2.08. The van der Waals surface area contributed by atoms with Gasteiger partial charge in [-0.05, 0) is 42.5 Å². The van der Waals surface area contributed by atoms with E-state index in [4.69, 9.17) is 0 Å². The Bertz CT molecular complexity index is 636. The van der Waals surface area contributed by atoms with Crippen molar-refractivity contribution in [2.75, 3.05) is 11.9 Å². The van der Waals surface area contributed by atoms with Crippen molar-refractivity contribution in [3.63, 3.8) is 0 Å². The summed E-state index contributed by atoms with van der Waals surface area (Å²) >= 11 is 1.38. The van der Waals surface area contributed by atoms with Crippen LogP contribution in [0.4, 0.5) is 5.69 Å². The van der Waals surface area contributed by atoms with E-state index < -0.39 is 0 Å². The van der Waals surface area contributed by atoms with Crippen molar-refractivity contribution in [2.24, 2.45) is 0 Å². The number of rotatable bonds is 5. The van der Waals surface area contributed by atoms with Crippen LogP contribution in [0.15, 0.2) is 35.7 Å². The van der Waals surface area contributed by atoms with Gasteiger partial charge in [-0.15, -0.1) is 11.3 Å². The summed E-state index contributed by atoms with van der Waals surface area (Å²) in [6.45, 7) is 4.31. The first-order valence-electron chi connectivity index (χ1n) is 6.75. The Morgan fingerprint density at radius 2 is 1.95 bits per heavy atom. The molecule has 0 radical (unpaired) electrons. The van der Waals surface area contributed by atoms with Crippen molar-refractivity contribution < 1.29 is 9.59 Å². The van der Waals surface area contributed by atoms with Crippen LogP contribution in [-0.2, 0) is 4.79 Å². The second-order valence-corrected chi connectivity index (χ2v) is 5.73. The maximum atomic E-state index is 11.9. The maximum Gasteiger partial charge on any atom is 0.261 e. The lowest BCUT2D eigenvalue weighted by atomic mass is 10.1. The monoisotopic (exact) mass is 302 g/mol. The Balaban J connectivity index is 1.80. The molecule has 21 heavy (non-hydrogen) atoms. The molecule has 0 saturated carbocycles. The number of aryl methyl sites for hydroxylation is 1. The second kappa shape index (κ2) is 7.04. The lowest BCUT2D eigenvalue weighted by molar-refractivity contribution is -0.116. The van der Waals surface area contributed by atoms with Gasteiger partial charge in [-0.1, -0.05) is 18.2 Å². The minimum atomic E-state index is -0.135. The molecule has 0 atom stereocenters. The number of amides is 2. The standard InChI is InChI=1S/C16H18N2O2S/c1-11-5-3-6-13(12(11)2)18-15(19)8-9-17-16(20)14-7-4-10-21-14/h3-7,10H,8-9H2,1-2H3,(H,17,20)(H,18,19). The van der Waals surface area contributed by atoms with Crippen LogP contribution in [-0.4, -0.2) is 18.4 Å². The average Bonchev–Trinajstić information content (AvgIpc) is 2.98. The molecule has 4 nitrogen and oxygen atoms in total. The zero-order chi connectivity index (χ0) is 15.2. The lowest BCUT2D eigenvalue weighted by Crippen LogP contribution is -2.27. The average molecular weight is 302 g/mol. The summed E-state index contributed by atoms with van der Waals surface area (Å²) in [7, 11) is 0. The number of anilines is 1. The van der Waals surface area contributed by atoms with E-state index in [0.717, 1.165) is 16.8 Å². The van der Waals surface area contributed by atoms with Gasteiger partial charge in [-0.25, -0.2) is 0 Å². The van der Waals surface area contributed by atoms with Crippen molar-refractivity contribution in [2.45, 2.75) is 20.3 Å². The van der Waals surface area contributed by atoms with Crippen molar-refractivity contribution in [1.82, 2.24) is 5.32 Å². The van der Waals surface area contributed by atoms with Crippen LogP contribution in [0, 0.1) is 13.8 Å². The molecule has 110 valence electrons. The van der Waals surface area contributed by atoms with Crippen LogP contribution in [0.2, 0.25) is 0 Å². The summed E-state index contributed by atoms with van der Waals surface area (Å²) < 4.78 is 0. The van der Waals surface area contributed by atoms with Gasteiger partial charge in [0.1, 0.15) is 0 Å². The molecule has 2 rings (SSSR count). The number of hydrogen-bond acceptors (Lipinski definition) is 3. The van der Waals surface area contributed by atoms with Gasteiger partial charge in [0.15, 0.2) is 0 Å². The molecule has 1 aromatic carbocycles. The third-order valence-corrected chi connectivity index (χ3v) is 4.13. The van der Waals surface area contributed by atoms with Gasteiger partial charge in [0.05, 0.1) is 4.88 Å². The molecular formula is C16H18N2O2S. The minimum Gasteiger partial charge on any atom is -0.351 e. The van der Waals surface area contributed by atoms with Crippen molar-refractivity contribution >= 4 is 28.8 Å². The Morgan fingerprint density at radius 3 is 2.67 bits per heavy atom. The first-order chi connectivity index (χ1) is 10.1. The third kappa shape index (κ3) is 4.16. The predicted octanol–water partition coefficient (Wildman–Crippen LogP) is 3.12. The fourth-order valence-corrected chi connectivity index (χ4v) is 2.52. The van der Waals surface area contributed by atoms with E-state index in [1.54, 1.807) is 6.07 Å². The highest BCUT2D eigenvalue weighted by Crippen LogP contribution is 2.17. The van der Waals surface area contributed by atoms with Crippen LogP contribution >= 0.6 is 11.3 Å². The quantitative estimate of drug-likeness (QED) is 0.891. The summed E-state index contributed by atoms with van der Waals surface area (Å²) in [6.07, 6.45) is 0.254. The minimum absolute atomic E-state index is 0.102. The number of hydrogen-bond donors (Lipinski definition) is 2. The van der Waals surface area contributed by atoms with Crippen LogP contribution in [0.5, 0.6) is 0 Å². The molecule has 0 spiro atoms. The third-order valence-electron chi connectivity index (χ3n) is 3.26. The van der Waals surface area contributed by atoms with Gasteiger partial charge in [0.2, 0.25) is 5.91 Å². The van der Waals surface area contributed by atoms with Gasteiger partial charge in [0, 0.05) is 18.7 Å². The molecule has 1 aromatic heterocycles. The van der Waals surface area contributed by atoms with Crippen LogP contribution in [0.1, 0.15) is 27.2 Å². The normalized spacial score (nSPS) is 10.2. The van der Waals surface area contributed by atoms with Crippen molar-refractivity contribution in [1.29, 1.82) is 0 Å². The fraction of sp³-hybridized carbons (Fsp3) is 0.250. The van der Waals surface area contributed by atoms with Crippen LogP contribution < -0.4 is 10.6 Å². The van der Waals surface area contributed by atoms with Crippen molar-refractivity contribution in [3.05, 3.63) is 51.7 Å². The Labute approximate surface area is 128 Å². The Hall–Kier alpha value is -2.14. The van der Waals surface area contributed by atoms with Gasteiger partial charge in [0.25, 0.3) is 5.91 Å². The predicted molar refractivity (Wildman–Crippen MR) is 85.8 cm³/mol. The van der Waals surface area contributed by atoms with E-state index in [-0.39, 0.29) is 18.2 Å². The highest BCUT2D eigenvalue weighted by atomic mass is 32.1. The Morgan fingerprint density at radius 1 is 1.14 bits per heavy atom. The molecule has 0 unspecified atom stereocenters. The molecule has 0 bridgehead atoms. The molecule has 0 aliphatic heterocycles. The second-order valence-electron chi connectivity index (χ2n) is 4.78. The number of nitrogens with one attached hydrogen (secondary N) is 2. The highest BCUT2D eigenvalue weighted by molar-refractivity contribution is 7.12. The molecule has 2 amide bonds. The van der Waals surface area contributed by atoms with E-state index >= 15 is 0 Å². The smallest absolute Gasteiger partial charge is 0.261 e. The van der Waals surface area contributed by atoms with E-state index in [1.807, 2.05) is 43.5 Å². The first kappa shape index (κ1) is 15.3. The largest absolute Gasteiger partial charge is 0.351 e. The summed E-state index contributed by atoms with van der Waals surface area (Å²) in [5, 5.41) is 7.46. The SMILES string of the molecule is Cc1cccc(NC(=O)CCNC(=O)c2cccs2)c1C. The van der Waals surface area contributed by atoms with Crippen molar-refractivity contribution in [3.8, 4) is 0 Å². The van der Waals surface area contributed by atoms with Gasteiger partial charge >= 0.3 is 0 Å². The summed E-state index contributed by atoms with van der Waals surface area (Å²) in [5.74, 6) is -0.236. The lowest BCUT2D eigenvalue weighted by Gasteiger charge is -2.10. The molecule has 2 aromatic rings. The Kier molecular flexibility index (Phi) is 5.11. The van der Waals surface area contributed by atoms with E-state index in [9.17, 15) is 9.59 Å². The molecule has 2 N–H and O–H groups in total. The number of carbonyl (C=O) groups is 2. The fourth-order valence-electron chi connectivity index (χ4n) is 1.88. The van der Waals surface area contributed by atoms with Gasteiger partial charge < -0.3 is 10.6 Å². The van der Waals surface area contributed by atoms with Crippen LogP contribution in [0.3, 0.4) is 0 Å². The van der Waals surface area contributed by atoms with Crippen LogP contribution in [0.25, 0.3) is 0 Å². The molecule has 0 saturated heterocycles. The van der Waals surface area contributed by atoms with Gasteiger partial charge in [-0.2, -0.15) is 0 Å². The van der Waals surface area contributed by atoms with Gasteiger partial charge in [-0.3, -0.25) is 9.59 Å². The number of benzene rings is 1. The zero-order valence-corrected chi connectivity index (χ0v) is 12.9. The number of thiophene rings is 1. The molecule has 1 heterocycles. The molecule has 5 heteroatoms. The summed E-state index contributed by atoms with van der Waals surface area (Å²) in [6, 6.07) is 9.39. The first-order valence-corrected chi connectivity index (χ1v) is 7.63. The summed E-state index contributed by atoms with van der Waals surface area (Å²) in [4.78, 5) is 24.3. The molecule has 0 aliphatic carbocycles. The van der Waals surface area contributed by atoms with E-state index in [0.29, 0.717) is 11.4 Å². The zero-order valence-electron chi connectivity index (χ0n) is 12.1. The van der Waals surface area contributed by atoms with E-state index in [1.165, 1.54) is 11.3 Å². The molecular weight excluding hydrogens is 284 g/mol. The maximum absolute atomic E-state index is 11.9.